The Bertz CT molecular complexity index is 1180. The van der Waals surface area contributed by atoms with Crippen molar-refractivity contribution in [3.05, 3.63) is 58.5 Å². The molecule has 0 saturated carbocycles. The highest BCUT2D eigenvalue weighted by Crippen LogP contribution is 2.34. The van der Waals surface area contributed by atoms with Gasteiger partial charge < -0.3 is 19.5 Å². The van der Waals surface area contributed by atoms with Gasteiger partial charge in [0.05, 0.1) is 31.3 Å². The van der Waals surface area contributed by atoms with Gasteiger partial charge in [-0.3, -0.25) is 14.5 Å². The molecule has 2 aromatic rings. The Hall–Kier alpha value is -3.37. The summed E-state index contributed by atoms with van der Waals surface area (Å²) in [7, 11) is 3.12. The number of hydrogen-bond donors (Lipinski definition) is 1. The number of amides is 2. The van der Waals surface area contributed by atoms with Gasteiger partial charge in [0, 0.05) is 18.7 Å². The first-order chi connectivity index (χ1) is 17.9. The monoisotopic (exact) mass is 542 g/mol. The summed E-state index contributed by atoms with van der Waals surface area (Å²) in [5, 5.41) is 2.80. The lowest BCUT2D eigenvalue weighted by Crippen LogP contribution is -2.29. The molecular weight excluding hydrogens is 512 g/mol. The van der Waals surface area contributed by atoms with Crippen LogP contribution in [0.3, 0.4) is 0 Å². The predicted molar refractivity (Wildman–Crippen MR) is 149 cm³/mol. The van der Waals surface area contributed by atoms with Gasteiger partial charge in [0.2, 0.25) is 5.91 Å². The molecule has 0 aliphatic carbocycles. The normalized spacial score (nSPS) is 14.1. The van der Waals surface area contributed by atoms with Crippen molar-refractivity contribution < 1.29 is 28.6 Å². The molecule has 196 valence electrons. The molecule has 2 aromatic carbocycles. The molecule has 3 rings (SSSR count). The van der Waals surface area contributed by atoms with Gasteiger partial charge in [-0.05, 0) is 60.9 Å². The summed E-state index contributed by atoms with van der Waals surface area (Å²) in [6.45, 7) is 2.75. The number of methoxy groups -OCH3 is 2. The van der Waals surface area contributed by atoms with Crippen molar-refractivity contribution in [1.82, 2.24) is 4.90 Å². The molecule has 8 nitrogen and oxygen atoms in total. The maximum atomic E-state index is 12.9. The van der Waals surface area contributed by atoms with Crippen LogP contribution in [-0.4, -0.2) is 54.4 Å². The van der Waals surface area contributed by atoms with Gasteiger partial charge in [-0.25, -0.2) is 4.79 Å². The number of ether oxygens (including phenoxy) is 3. The number of carbonyl (C=O) groups excluding carboxylic acids is 3. The third-order valence-electron chi connectivity index (χ3n) is 5.50. The highest BCUT2D eigenvalue weighted by atomic mass is 32.2. The number of nitrogens with one attached hydrogen (secondary N) is 1. The molecule has 1 fully saturated rings. The van der Waals surface area contributed by atoms with Gasteiger partial charge in [0.25, 0.3) is 5.91 Å². The minimum atomic E-state index is -0.380. The van der Waals surface area contributed by atoms with E-state index in [0.29, 0.717) is 51.5 Å². The van der Waals surface area contributed by atoms with Crippen LogP contribution in [-0.2, 0) is 14.3 Å². The Morgan fingerprint density at radius 3 is 2.46 bits per heavy atom. The maximum absolute atomic E-state index is 12.9. The van der Waals surface area contributed by atoms with Crippen LogP contribution in [0.4, 0.5) is 5.69 Å². The van der Waals surface area contributed by atoms with E-state index in [-0.39, 0.29) is 24.2 Å². The zero-order chi connectivity index (χ0) is 26.8. The van der Waals surface area contributed by atoms with E-state index in [2.05, 4.69) is 5.32 Å². The SMILES string of the molecule is CCCCOC(=O)c1ccc(NC(=O)CCCN2C(=O)/C(=C/c3ccc(OC)c(OC)c3)SC2=S)cc1. The number of carbonyl (C=O) groups is 3. The van der Waals surface area contributed by atoms with E-state index in [1.165, 1.54) is 16.7 Å². The standard InChI is InChI=1S/C27H30N2O6S2/c1-4-5-15-35-26(32)19-9-11-20(12-10-19)28-24(30)7-6-14-29-25(31)23(37-27(29)36)17-18-8-13-21(33-2)22(16-18)34-3/h8-13,16-17H,4-7,14-15H2,1-3H3,(H,28,30)/b23-17-. The van der Waals surface area contributed by atoms with E-state index >= 15 is 0 Å². The Balaban J connectivity index is 1.49. The van der Waals surface area contributed by atoms with E-state index in [0.717, 1.165) is 18.4 Å². The molecule has 0 aromatic heterocycles. The molecule has 37 heavy (non-hydrogen) atoms. The summed E-state index contributed by atoms with van der Waals surface area (Å²) in [4.78, 5) is 39.3. The molecule has 0 bridgehead atoms. The lowest BCUT2D eigenvalue weighted by atomic mass is 10.2. The zero-order valence-electron chi connectivity index (χ0n) is 21.1. The molecule has 2 amide bonds. The average molecular weight is 543 g/mol. The van der Waals surface area contributed by atoms with E-state index in [1.54, 1.807) is 56.7 Å². The van der Waals surface area contributed by atoms with Crippen molar-refractivity contribution in [2.24, 2.45) is 0 Å². The van der Waals surface area contributed by atoms with Crippen LogP contribution in [0.25, 0.3) is 6.08 Å². The highest BCUT2D eigenvalue weighted by molar-refractivity contribution is 8.26. The molecule has 1 saturated heterocycles. The van der Waals surface area contributed by atoms with Crippen LogP contribution in [0.15, 0.2) is 47.4 Å². The summed E-state index contributed by atoms with van der Waals surface area (Å²) in [5.74, 6) is 0.414. The topological polar surface area (TPSA) is 94.2 Å². The van der Waals surface area contributed by atoms with Crippen LogP contribution < -0.4 is 14.8 Å². The smallest absolute Gasteiger partial charge is 0.338 e. The van der Waals surface area contributed by atoms with Crippen LogP contribution in [0.1, 0.15) is 48.5 Å². The first kappa shape index (κ1) is 28.2. The van der Waals surface area contributed by atoms with Crippen molar-refractivity contribution in [2.75, 3.05) is 32.7 Å². The predicted octanol–water partition coefficient (Wildman–Crippen LogP) is 5.28. The number of rotatable bonds is 12. The van der Waals surface area contributed by atoms with E-state index in [4.69, 9.17) is 26.4 Å². The third-order valence-corrected chi connectivity index (χ3v) is 6.88. The summed E-state index contributed by atoms with van der Waals surface area (Å²) in [6, 6.07) is 12.0. The van der Waals surface area contributed by atoms with E-state index < -0.39 is 0 Å². The summed E-state index contributed by atoms with van der Waals surface area (Å²) in [5.41, 5.74) is 1.81. The van der Waals surface area contributed by atoms with Gasteiger partial charge in [0.15, 0.2) is 11.5 Å². The number of unbranched alkanes of at least 4 members (excludes halogenated alkanes) is 1. The number of thiocarbonyl (C=S) groups is 1. The Morgan fingerprint density at radius 1 is 1.05 bits per heavy atom. The molecule has 1 aliphatic rings. The number of nitrogens with zero attached hydrogens (tertiary/aromatic N) is 1. The van der Waals surface area contributed by atoms with Gasteiger partial charge >= 0.3 is 5.97 Å². The fraction of sp³-hybridized carbons (Fsp3) is 0.333. The maximum Gasteiger partial charge on any atom is 0.338 e. The molecule has 0 spiro atoms. The third kappa shape index (κ3) is 7.80. The quantitative estimate of drug-likeness (QED) is 0.168. The number of anilines is 1. The van der Waals surface area contributed by atoms with Gasteiger partial charge in [-0.2, -0.15) is 0 Å². The Kier molecular flexibility index (Phi) is 10.5. The summed E-state index contributed by atoms with van der Waals surface area (Å²) in [6.07, 6.45) is 4.20. The van der Waals surface area contributed by atoms with Gasteiger partial charge in [0.1, 0.15) is 4.32 Å². The Morgan fingerprint density at radius 2 is 1.78 bits per heavy atom. The fourth-order valence-corrected chi connectivity index (χ4v) is 4.80. The van der Waals surface area contributed by atoms with Crippen molar-refractivity contribution >= 4 is 57.8 Å². The number of benzene rings is 2. The zero-order valence-corrected chi connectivity index (χ0v) is 22.7. The van der Waals surface area contributed by atoms with Crippen LogP contribution >= 0.6 is 24.0 Å². The number of thioether (sulfide) groups is 1. The van der Waals surface area contributed by atoms with Gasteiger partial charge in [-0.15, -0.1) is 0 Å². The Labute approximate surface area is 226 Å². The lowest BCUT2D eigenvalue weighted by molar-refractivity contribution is -0.122. The molecule has 0 atom stereocenters. The minimum absolute atomic E-state index is 0.188. The average Bonchev–Trinajstić information content (AvgIpc) is 3.16. The van der Waals surface area contributed by atoms with Crippen molar-refractivity contribution in [3.63, 3.8) is 0 Å². The summed E-state index contributed by atoms with van der Waals surface area (Å²) >= 11 is 6.62. The molecular formula is C27H30N2O6S2. The molecule has 1 aliphatic heterocycles. The number of esters is 1. The van der Waals surface area contributed by atoms with E-state index in [9.17, 15) is 14.4 Å². The molecule has 0 unspecified atom stereocenters. The first-order valence-corrected chi connectivity index (χ1v) is 13.1. The fourth-order valence-electron chi connectivity index (χ4n) is 3.49. The molecule has 1 heterocycles. The second-order valence-corrected chi connectivity index (χ2v) is 9.84. The summed E-state index contributed by atoms with van der Waals surface area (Å²) < 4.78 is 16.2. The molecule has 0 radical (unpaired) electrons. The second-order valence-electron chi connectivity index (χ2n) is 8.17. The molecule has 1 N–H and O–H groups in total. The number of hydrogen-bond acceptors (Lipinski definition) is 8. The van der Waals surface area contributed by atoms with Crippen LogP contribution in [0, 0.1) is 0 Å². The highest BCUT2D eigenvalue weighted by Gasteiger charge is 2.31. The van der Waals surface area contributed by atoms with E-state index in [1.807, 2.05) is 13.0 Å². The largest absolute Gasteiger partial charge is 0.493 e. The van der Waals surface area contributed by atoms with Crippen molar-refractivity contribution in [1.29, 1.82) is 0 Å². The van der Waals surface area contributed by atoms with Crippen molar-refractivity contribution in [3.8, 4) is 11.5 Å². The van der Waals surface area contributed by atoms with Crippen molar-refractivity contribution in [2.45, 2.75) is 32.6 Å². The van der Waals surface area contributed by atoms with Gasteiger partial charge in [-0.1, -0.05) is 43.4 Å². The minimum Gasteiger partial charge on any atom is -0.493 e. The van der Waals surface area contributed by atoms with Crippen LogP contribution in [0.2, 0.25) is 0 Å². The van der Waals surface area contributed by atoms with Crippen LogP contribution in [0.5, 0.6) is 11.5 Å². The molecule has 10 heteroatoms. The first-order valence-electron chi connectivity index (χ1n) is 11.9. The lowest BCUT2D eigenvalue weighted by Gasteiger charge is -2.14. The second kappa shape index (κ2) is 13.8.